The van der Waals surface area contributed by atoms with Gasteiger partial charge in [-0.2, -0.15) is 0 Å². The molecule has 1 heterocycles. The second-order valence-electron chi connectivity index (χ2n) is 8.29. The fourth-order valence-corrected chi connectivity index (χ4v) is 5.18. The Balaban J connectivity index is 2.41. The largest absolute Gasteiger partial charge is 0.486 e. The number of aliphatic imine (C=N–C) groups is 1. The Morgan fingerprint density at radius 2 is 1.83 bits per heavy atom. The Labute approximate surface area is 177 Å². The predicted octanol–water partition coefficient (Wildman–Crippen LogP) is 1.52. The van der Waals surface area contributed by atoms with Gasteiger partial charge < -0.3 is 16.2 Å². The van der Waals surface area contributed by atoms with Gasteiger partial charge in [-0.15, -0.1) is 0 Å². The van der Waals surface area contributed by atoms with Crippen molar-refractivity contribution in [1.29, 1.82) is 0 Å². The van der Waals surface area contributed by atoms with E-state index in [1.807, 2.05) is 13.8 Å². The lowest BCUT2D eigenvalue weighted by molar-refractivity contribution is -0.121. The maximum atomic E-state index is 12.4. The topological polar surface area (TPSA) is 151 Å². The molecule has 0 aromatic heterocycles. The molecule has 6 N–H and O–H groups in total. The first-order chi connectivity index (χ1) is 13.7. The Bertz CT molecular complexity index is 989. The summed E-state index contributed by atoms with van der Waals surface area (Å²) in [5.74, 6) is -0.228. The van der Waals surface area contributed by atoms with Crippen molar-refractivity contribution in [2.75, 3.05) is 13.2 Å². The molecule has 0 fully saturated rings. The minimum Gasteiger partial charge on any atom is -0.486 e. The van der Waals surface area contributed by atoms with Gasteiger partial charge in [0.1, 0.15) is 23.9 Å². The fourth-order valence-electron chi connectivity index (χ4n) is 4.07. The molecule has 1 aliphatic heterocycles. The molecule has 0 radical (unpaired) electrons. The average molecular weight is 443 g/mol. The number of ether oxygens (including phenoxy) is 1. The molecule has 0 amide bonds. The number of sulfonamides is 1. The number of carbonyl (C=O) groups is 1. The summed E-state index contributed by atoms with van der Waals surface area (Å²) in [5, 5.41) is 5.48. The maximum absolute atomic E-state index is 12.4. The number of nitrogens with two attached hydrogens (primary N) is 3. The lowest BCUT2D eigenvalue weighted by Crippen LogP contribution is -2.39. The van der Waals surface area contributed by atoms with Crippen molar-refractivity contribution < 1.29 is 22.3 Å². The molecule has 2 unspecified atom stereocenters. The monoisotopic (exact) mass is 442 g/mol. The molecule has 0 bridgehead atoms. The Morgan fingerprint density at radius 3 is 2.37 bits per heavy atom. The van der Waals surface area contributed by atoms with Crippen molar-refractivity contribution in [3.63, 3.8) is 0 Å². The van der Waals surface area contributed by atoms with Gasteiger partial charge in [-0.05, 0) is 64.2 Å². The van der Waals surface area contributed by atoms with Crippen LogP contribution in [0.4, 0.5) is 4.39 Å². The molecule has 30 heavy (non-hydrogen) atoms. The number of hydrogen-bond acceptors (Lipinski definition) is 6. The molecule has 168 valence electrons. The third-order valence-corrected chi connectivity index (χ3v) is 6.86. The van der Waals surface area contributed by atoms with Crippen molar-refractivity contribution in [1.82, 2.24) is 0 Å². The number of nitrogens with zero attached hydrogens (tertiary/aromatic N) is 1. The summed E-state index contributed by atoms with van der Waals surface area (Å²) in [7, 11) is -3.95. The molecule has 0 saturated heterocycles. The maximum Gasteiger partial charge on any atom is 0.238 e. The van der Waals surface area contributed by atoms with E-state index in [-0.39, 0.29) is 10.7 Å². The molecule has 2 rings (SSSR count). The Kier molecular flexibility index (Phi) is 6.95. The molecule has 8 nitrogen and oxygen atoms in total. The minimum absolute atomic E-state index is 0.0774. The molecule has 1 aromatic carbocycles. The first-order valence-electron chi connectivity index (χ1n) is 9.73. The summed E-state index contributed by atoms with van der Waals surface area (Å²) in [4.78, 5) is 15.7. The molecule has 0 saturated carbocycles. The van der Waals surface area contributed by atoms with Crippen LogP contribution in [0.25, 0.3) is 0 Å². The summed E-state index contributed by atoms with van der Waals surface area (Å²) in [5.41, 5.74) is 13.6. The molecule has 1 aliphatic rings. The quantitative estimate of drug-likeness (QED) is 0.315. The number of primary sulfonamides is 1. The van der Waals surface area contributed by atoms with Gasteiger partial charge >= 0.3 is 0 Å². The number of Topliss-reactive ketones (excluding diaryl/α,β-unsaturated/α-hetero) is 1. The van der Waals surface area contributed by atoms with E-state index < -0.39 is 40.0 Å². The zero-order valence-corrected chi connectivity index (χ0v) is 18.9. The van der Waals surface area contributed by atoms with E-state index in [1.165, 1.54) is 0 Å². The second-order valence-corrected chi connectivity index (χ2v) is 9.78. The van der Waals surface area contributed by atoms with Gasteiger partial charge in [0.15, 0.2) is 5.78 Å². The van der Waals surface area contributed by atoms with Crippen molar-refractivity contribution >= 4 is 21.6 Å². The fraction of sp³-hybridized carbons (Fsp3) is 0.600. The van der Waals surface area contributed by atoms with E-state index in [1.54, 1.807) is 20.8 Å². The van der Waals surface area contributed by atoms with E-state index >= 15 is 0 Å². The van der Waals surface area contributed by atoms with Crippen LogP contribution in [-0.2, 0) is 14.8 Å². The smallest absolute Gasteiger partial charge is 0.238 e. The molecule has 2 atom stereocenters. The van der Waals surface area contributed by atoms with Gasteiger partial charge in [-0.25, -0.2) is 17.9 Å². The van der Waals surface area contributed by atoms with E-state index in [9.17, 15) is 17.6 Å². The molecule has 10 heteroatoms. The van der Waals surface area contributed by atoms with Gasteiger partial charge in [-0.1, -0.05) is 0 Å². The molecular weight excluding hydrogens is 411 g/mol. The van der Waals surface area contributed by atoms with Gasteiger partial charge in [0.25, 0.3) is 0 Å². The number of alkyl halides is 1. The number of hydrogen-bond donors (Lipinski definition) is 3. The van der Waals surface area contributed by atoms with Crippen LogP contribution in [0.1, 0.15) is 54.9 Å². The van der Waals surface area contributed by atoms with Crippen molar-refractivity contribution in [2.24, 2.45) is 21.6 Å². The number of ketones is 1. The first kappa shape index (κ1) is 24.2. The van der Waals surface area contributed by atoms with Crippen molar-refractivity contribution in [2.45, 2.75) is 69.9 Å². The highest BCUT2D eigenvalue weighted by atomic mass is 32.2. The lowest BCUT2D eigenvalue weighted by Gasteiger charge is -2.26. The van der Waals surface area contributed by atoms with Crippen LogP contribution < -0.4 is 21.3 Å². The summed E-state index contributed by atoms with van der Waals surface area (Å²) >= 11 is 0. The highest BCUT2D eigenvalue weighted by molar-refractivity contribution is 7.89. The molecule has 0 aliphatic carbocycles. The molecular formula is C20H31FN4O4S. The number of amidine groups is 1. The first-order valence-corrected chi connectivity index (χ1v) is 11.3. The van der Waals surface area contributed by atoms with E-state index in [0.29, 0.717) is 47.4 Å². The highest BCUT2D eigenvalue weighted by Gasteiger charge is 2.46. The Hall–Kier alpha value is -2.04. The number of rotatable bonds is 8. The summed E-state index contributed by atoms with van der Waals surface area (Å²) in [6.45, 7) is 8.12. The normalized spacial score (nSPS) is 19.3. The van der Waals surface area contributed by atoms with Gasteiger partial charge in [0, 0.05) is 12.1 Å². The van der Waals surface area contributed by atoms with E-state index in [0.717, 1.165) is 0 Å². The summed E-state index contributed by atoms with van der Waals surface area (Å²) < 4.78 is 43.0. The standard InChI is InChI=1S/C20H31FN4O4S/c1-10-11(2)18(30(24,27)28)12(3)15-16(20(4,5)29-17(10)15)19(23)25-8-6-7-13(22)14(26)9-21/h13,16H,6-9,22H2,1-5H3,(H2,23,25)(H2,24,27,28). The zero-order chi connectivity index (χ0) is 23.0. The van der Waals surface area contributed by atoms with Crippen molar-refractivity contribution in [3.8, 4) is 5.75 Å². The summed E-state index contributed by atoms with van der Waals surface area (Å²) in [6.07, 6.45) is 0.760. The molecule has 1 aromatic rings. The van der Waals surface area contributed by atoms with Crippen LogP contribution in [0.3, 0.4) is 0 Å². The van der Waals surface area contributed by atoms with Crippen molar-refractivity contribution in [3.05, 3.63) is 22.3 Å². The zero-order valence-electron chi connectivity index (χ0n) is 18.1. The van der Waals surface area contributed by atoms with Gasteiger partial charge in [-0.3, -0.25) is 9.79 Å². The van der Waals surface area contributed by atoms with Gasteiger partial charge in [0.05, 0.1) is 16.9 Å². The lowest BCUT2D eigenvalue weighted by atomic mass is 9.82. The van der Waals surface area contributed by atoms with E-state index in [4.69, 9.17) is 21.3 Å². The Morgan fingerprint density at radius 1 is 1.23 bits per heavy atom. The van der Waals surface area contributed by atoms with Gasteiger partial charge in [0.2, 0.25) is 10.0 Å². The van der Waals surface area contributed by atoms with Crippen LogP contribution in [0.2, 0.25) is 0 Å². The van der Waals surface area contributed by atoms with Crippen LogP contribution in [0.15, 0.2) is 9.89 Å². The third kappa shape index (κ3) is 4.50. The molecule has 0 spiro atoms. The summed E-state index contributed by atoms with van der Waals surface area (Å²) in [6, 6.07) is -0.858. The van der Waals surface area contributed by atoms with Crippen LogP contribution >= 0.6 is 0 Å². The van der Waals surface area contributed by atoms with E-state index in [2.05, 4.69) is 4.99 Å². The predicted molar refractivity (Wildman–Crippen MR) is 114 cm³/mol. The highest BCUT2D eigenvalue weighted by Crippen LogP contribution is 2.50. The number of halogens is 1. The third-order valence-electron chi connectivity index (χ3n) is 5.68. The van der Waals surface area contributed by atoms with Crippen LogP contribution in [-0.4, -0.2) is 44.9 Å². The number of fused-ring (bicyclic) bond motifs is 1. The SMILES string of the molecule is Cc1c(C)c(S(N)(=O)=O)c(C)c2c1OC(C)(C)C2C(N)=NCCCC(N)C(=O)CF. The number of benzene rings is 1. The second kappa shape index (κ2) is 8.60. The van der Waals surface area contributed by atoms with Crippen LogP contribution in [0, 0.1) is 20.8 Å². The number of carbonyl (C=O) groups excluding carboxylic acids is 1. The minimum atomic E-state index is -3.95. The van der Waals surface area contributed by atoms with Crippen LogP contribution in [0.5, 0.6) is 5.75 Å². The average Bonchev–Trinajstić information content (AvgIpc) is 2.92.